The highest BCUT2D eigenvalue weighted by Gasteiger charge is 2.23. The van der Waals surface area contributed by atoms with Gasteiger partial charge in [0.05, 0.1) is 0 Å². The highest BCUT2D eigenvalue weighted by Crippen LogP contribution is 2.41. The Kier molecular flexibility index (Phi) is 3.83. The van der Waals surface area contributed by atoms with Crippen LogP contribution in [0.2, 0.25) is 0 Å². The van der Waals surface area contributed by atoms with Crippen LogP contribution in [0.4, 0.5) is 0 Å². The van der Waals surface area contributed by atoms with Crippen LogP contribution in [0, 0.1) is 0 Å². The average Bonchev–Trinajstić information content (AvgIpc) is 2.17. The fraction of sp³-hybridized carbons (Fsp3) is 0.200. The molecule has 1 rings (SSSR count). The quantitative estimate of drug-likeness (QED) is 0.686. The Balaban J connectivity index is 2.91. The summed E-state index contributed by atoms with van der Waals surface area (Å²) in [6.07, 6.45) is 1.16. The molecule has 0 fully saturated rings. The van der Waals surface area contributed by atoms with Gasteiger partial charge in [-0.3, -0.25) is 4.57 Å². The molecule has 0 radical (unpaired) electrons. The summed E-state index contributed by atoms with van der Waals surface area (Å²) in [7, 11) is -4.45. The minimum atomic E-state index is -4.45. The van der Waals surface area contributed by atoms with Crippen LogP contribution < -0.4 is 0 Å². The van der Waals surface area contributed by atoms with Crippen LogP contribution >= 0.6 is 7.60 Å². The molecule has 0 amide bonds. The predicted molar refractivity (Wildman–Crippen MR) is 58.1 cm³/mol. The van der Waals surface area contributed by atoms with Crippen LogP contribution in [-0.2, 0) is 4.57 Å². The number of rotatable bonds is 3. The summed E-state index contributed by atoms with van der Waals surface area (Å²) >= 11 is 0. The fourth-order valence-electron chi connectivity index (χ4n) is 1.12. The van der Waals surface area contributed by atoms with Gasteiger partial charge < -0.3 is 14.9 Å². The van der Waals surface area contributed by atoms with Crippen molar-refractivity contribution in [3.05, 3.63) is 42.0 Å². The SMILES string of the molecule is CC(=C[C@@H](O)P(=O)(O)O)c1ccccc1. The summed E-state index contributed by atoms with van der Waals surface area (Å²) in [4.78, 5) is 17.4. The molecule has 15 heavy (non-hydrogen) atoms. The average molecular weight is 228 g/mol. The van der Waals surface area contributed by atoms with Crippen molar-refractivity contribution in [2.45, 2.75) is 12.8 Å². The molecule has 3 N–H and O–H groups in total. The van der Waals surface area contributed by atoms with E-state index in [1.807, 2.05) is 18.2 Å². The lowest BCUT2D eigenvalue weighted by atomic mass is 10.1. The first-order chi connectivity index (χ1) is 6.91. The molecule has 0 aliphatic rings. The molecule has 1 atom stereocenters. The highest BCUT2D eigenvalue weighted by atomic mass is 31.2. The van der Waals surface area contributed by atoms with Gasteiger partial charge in [0.15, 0.2) is 5.85 Å². The second-order valence-corrected chi connectivity index (χ2v) is 4.93. The van der Waals surface area contributed by atoms with Crippen molar-refractivity contribution in [1.29, 1.82) is 0 Å². The standard InChI is InChI=1S/C10H13O4P/c1-8(7-10(11)15(12,13)14)9-5-3-2-4-6-9/h2-7,10-11H,1H3,(H2,12,13,14)/t10-/m0/s1. The summed E-state index contributed by atoms with van der Waals surface area (Å²) in [6, 6.07) is 9.08. The smallest absolute Gasteiger partial charge is 0.357 e. The molecule has 82 valence electrons. The second-order valence-electron chi connectivity index (χ2n) is 3.22. The molecule has 5 heteroatoms. The zero-order valence-electron chi connectivity index (χ0n) is 8.24. The summed E-state index contributed by atoms with van der Waals surface area (Å²) < 4.78 is 10.7. The third kappa shape index (κ3) is 3.61. The van der Waals surface area contributed by atoms with Gasteiger partial charge in [0.2, 0.25) is 0 Å². The van der Waals surface area contributed by atoms with E-state index in [1.165, 1.54) is 0 Å². The Morgan fingerprint density at radius 1 is 1.33 bits per heavy atom. The number of benzene rings is 1. The van der Waals surface area contributed by atoms with Gasteiger partial charge in [-0.2, -0.15) is 0 Å². The van der Waals surface area contributed by atoms with E-state index in [-0.39, 0.29) is 0 Å². The molecule has 0 aromatic heterocycles. The monoisotopic (exact) mass is 228 g/mol. The van der Waals surface area contributed by atoms with Crippen molar-refractivity contribution in [3.8, 4) is 0 Å². The van der Waals surface area contributed by atoms with Crippen LogP contribution in [-0.4, -0.2) is 20.7 Å². The van der Waals surface area contributed by atoms with Crippen molar-refractivity contribution < 1.29 is 19.5 Å². The van der Waals surface area contributed by atoms with Gasteiger partial charge in [-0.25, -0.2) is 0 Å². The fourth-order valence-corrected chi connectivity index (χ4v) is 1.54. The lowest BCUT2D eigenvalue weighted by Gasteiger charge is -2.09. The third-order valence-electron chi connectivity index (χ3n) is 1.97. The Morgan fingerprint density at radius 2 is 1.87 bits per heavy atom. The van der Waals surface area contributed by atoms with Gasteiger partial charge >= 0.3 is 7.60 Å². The maximum absolute atomic E-state index is 10.7. The number of aliphatic hydroxyl groups excluding tert-OH is 1. The van der Waals surface area contributed by atoms with E-state index in [4.69, 9.17) is 9.79 Å². The predicted octanol–water partition coefficient (Wildman–Crippen LogP) is 1.59. The van der Waals surface area contributed by atoms with Gasteiger partial charge in [0.25, 0.3) is 0 Å². The van der Waals surface area contributed by atoms with Crippen molar-refractivity contribution in [2.24, 2.45) is 0 Å². The highest BCUT2D eigenvalue weighted by molar-refractivity contribution is 7.52. The Bertz CT molecular complexity index is 393. The molecule has 0 saturated heterocycles. The maximum atomic E-state index is 10.7. The first kappa shape index (κ1) is 12.1. The van der Waals surface area contributed by atoms with Crippen LogP contribution in [0.15, 0.2) is 36.4 Å². The van der Waals surface area contributed by atoms with E-state index < -0.39 is 13.4 Å². The molecular formula is C10H13O4P. The largest absolute Gasteiger partial charge is 0.377 e. The van der Waals surface area contributed by atoms with E-state index in [2.05, 4.69) is 0 Å². The molecule has 0 spiro atoms. The lowest BCUT2D eigenvalue weighted by Crippen LogP contribution is -2.03. The van der Waals surface area contributed by atoms with Crippen molar-refractivity contribution in [2.75, 3.05) is 0 Å². The maximum Gasteiger partial charge on any atom is 0.357 e. The van der Waals surface area contributed by atoms with Crippen LogP contribution in [0.1, 0.15) is 12.5 Å². The van der Waals surface area contributed by atoms with Gasteiger partial charge in [0, 0.05) is 0 Å². The number of hydrogen-bond donors (Lipinski definition) is 3. The summed E-state index contributed by atoms with van der Waals surface area (Å²) in [6.45, 7) is 1.69. The minimum Gasteiger partial charge on any atom is -0.377 e. The molecule has 0 unspecified atom stereocenters. The summed E-state index contributed by atoms with van der Waals surface area (Å²) in [5.41, 5.74) is 1.46. The van der Waals surface area contributed by atoms with E-state index in [9.17, 15) is 9.67 Å². The first-order valence-electron chi connectivity index (χ1n) is 4.38. The van der Waals surface area contributed by atoms with Gasteiger partial charge in [-0.15, -0.1) is 0 Å². The Labute approximate surface area is 88.0 Å². The van der Waals surface area contributed by atoms with E-state index in [0.29, 0.717) is 5.57 Å². The number of aliphatic hydroxyl groups is 1. The molecule has 0 bridgehead atoms. The summed E-state index contributed by atoms with van der Waals surface area (Å²) in [5, 5.41) is 9.18. The molecule has 0 saturated carbocycles. The summed E-state index contributed by atoms with van der Waals surface area (Å²) in [5.74, 6) is -1.74. The van der Waals surface area contributed by atoms with Gasteiger partial charge in [0.1, 0.15) is 0 Å². The molecule has 1 aromatic carbocycles. The first-order valence-corrected chi connectivity index (χ1v) is 6.06. The number of allylic oxidation sites excluding steroid dienone is 1. The normalized spacial score (nSPS) is 15.1. The molecule has 0 heterocycles. The van der Waals surface area contributed by atoms with Crippen LogP contribution in [0.25, 0.3) is 5.57 Å². The number of hydrogen-bond acceptors (Lipinski definition) is 2. The molecule has 0 aliphatic heterocycles. The van der Waals surface area contributed by atoms with E-state index in [1.54, 1.807) is 19.1 Å². The van der Waals surface area contributed by atoms with Crippen LogP contribution in [0.5, 0.6) is 0 Å². The van der Waals surface area contributed by atoms with Crippen molar-refractivity contribution >= 4 is 13.2 Å². The van der Waals surface area contributed by atoms with E-state index in [0.717, 1.165) is 11.6 Å². The van der Waals surface area contributed by atoms with Crippen molar-refractivity contribution in [3.63, 3.8) is 0 Å². The Hall–Kier alpha value is -0.930. The zero-order chi connectivity index (χ0) is 11.5. The lowest BCUT2D eigenvalue weighted by molar-refractivity contribution is 0.239. The van der Waals surface area contributed by atoms with Gasteiger partial charge in [-0.05, 0) is 24.1 Å². The minimum absolute atomic E-state index is 0.631. The van der Waals surface area contributed by atoms with Gasteiger partial charge in [-0.1, -0.05) is 30.3 Å². The molecular weight excluding hydrogens is 215 g/mol. The third-order valence-corrected chi connectivity index (χ3v) is 2.81. The van der Waals surface area contributed by atoms with Crippen molar-refractivity contribution in [1.82, 2.24) is 0 Å². The molecule has 4 nitrogen and oxygen atoms in total. The zero-order valence-corrected chi connectivity index (χ0v) is 9.13. The van der Waals surface area contributed by atoms with Crippen LogP contribution in [0.3, 0.4) is 0 Å². The molecule has 1 aromatic rings. The molecule has 0 aliphatic carbocycles. The van der Waals surface area contributed by atoms with E-state index >= 15 is 0 Å². The second kappa shape index (κ2) is 4.73. The topological polar surface area (TPSA) is 77.8 Å². The Morgan fingerprint density at radius 3 is 2.33 bits per heavy atom.